The maximum absolute atomic E-state index is 12.2. The predicted molar refractivity (Wildman–Crippen MR) is 97.9 cm³/mol. The van der Waals surface area contributed by atoms with Gasteiger partial charge >= 0.3 is 5.97 Å². The van der Waals surface area contributed by atoms with Crippen molar-refractivity contribution in [2.45, 2.75) is 75.5 Å². The number of fused-ring (bicyclic) bond motifs is 1. The van der Waals surface area contributed by atoms with Crippen LogP contribution in [0.25, 0.3) is 0 Å². The number of esters is 1. The van der Waals surface area contributed by atoms with E-state index in [2.05, 4.69) is 18.4 Å². The fourth-order valence-corrected chi connectivity index (χ4v) is 11.0. The summed E-state index contributed by atoms with van der Waals surface area (Å²) in [5.74, 6) is -0.379. The molecule has 6 heteroatoms. The van der Waals surface area contributed by atoms with Gasteiger partial charge in [-0.2, -0.15) is 0 Å². The molecule has 0 radical (unpaired) electrons. The molecule has 9 bridgehead atoms. The first-order valence-corrected chi connectivity index (χ1v) is 10.8. The van der Waals surface area contributed by atoms with Crippen LogP contribution < -0.4 is 0 Å². The van der Waals surface area contributed by atoms with Crippen LogP contribution in [0.2, 0.25) is 0 Å². The van der Waals surface area contributed by atoms with E-state index in [1.165, 1.54) is 6.92 Å². The third-order valence-corrected chi connectivity index (χ3v) is 10.6. The minimum atomic E-state index is -1.20. The molecular weight excluding hydrogens is 358 g/mol. The summed E-state index contributed by atoms with van der Waals surface area (Å²) in [6.07, 6.45) is 1.27. The van der Waals surface area contributed by atoms with Crippen molar-refractivity contribution in [3.63, 3.8) is 0 Å². The predicted octanol–water partition coefficient (Wildman–Crippen LogP) is 0.450. The van der Waals surface area contributed by atoms with E-state index in [0.29, 0.717) is 24.8 Å². The molecule has 9 fully saturated rings. The number of rotatable bonds is 1. The summed E-state index contributed by atoms with van der Waals surface area (Å²) in [6, 6.07) is 0.245. The number of aliphatic hydroxyl groups is 3. The van der Waals surface area contributed by atoms with Crippen LogP contribution >= 0.6 is 0 Å². The summed E-state index contributed by atoms with van der Waals surface area (Å²) >= 11 is 0. The molecule has 28 heavy (non-hydrogen) atoms. The van der Waals surface area contributed by atoms with Crippen LogP contribution in [0, 0.1) is 34.0 Å². The van der Waals surface area contributed by atoms with Gasteiger partial charge in [-0.3, -0.25) is 9.69 Å². The number of hydrogen-bond donors (Lipinski definition) is 3. The lowest BCUT2D eigenvalue weighted by atomic mass is 9.39. The molecule has 6 nitrogen and oxygen atoms in total. The third kappa shape index (κ3) is 1.26. The van der Waals surface area contributed by atoms with Crippen LogP contribution in [-0.2, 0) is 9.53 Å². The van der Waals surface area contributed by atoms with Crippen LogP contribution in [0.1, 0.15) is 39.5 Å². The lowest BCUT2D eigenvalue weighted by Crippen LogP contribution is -2.76. The second-order valence-electron chi connectivity index (χ2n) is 11.5. The summed E-state index contributed by atoms with van der Waals surface area (Å²) in [5.41, 5.74) is -1.07. The smallest absolute Gasteiger partial charge is 0.302 e. The fraction of sp³-hybridized carbons (Fsp3) is 0.864. The van der Waals surface area contributed by atoms with Gasteiger partial charge in [-0.1, -0.05) is 19.1 Å². The molecule has 0 aromatic carbocycles. The Hall–Kier alpha value is -0.950. The average molecular weight is 387 g/mol. The first-order chi connectivity index (χ1) is 13.1. The standard InChI is InChI=1S/C22H29NO5/c1-9-4-20-7-12-15-19(3)5-11(28-10(2)24)6-21(15)16(20)14(25)13(9)17(26)22(20,27)18(21)23(12)8-19/h11-18,25-27H,1,4-8H2,2-3H3/t11-,12?,13?,14+,15?,16?,17+,18+,19?,20+,21?,22-/m0/s1. The maximum atomic E-state index is 12.2. The van der Waals surface area contributed by atoms with Crippen molar-refractivity contribution < 1.29 is 24.9 Å². The highest BCUT2D eigenvalue weighted by Crippen LogP contribution is 2.88. The van der Waals surface area contributed by atoms with Crippen molar-refractivity contribution in [2.75, 3.05) is 6.54 Å². The van der Waals surface area contributed by atoms with Crippen molar-refractivity contribution >= 4 is 5.97 Å². The largest absolute Gasteiger partial charge is 0.463 e. The lowest BCUT2D eigenvalue weighted by Gasteiger charge is -2.67. The Morgan fingerprint density at radius 2 is 2.00 bits per heavy atom. The van der Waals surface area contributed by atoms with Crippen LogP contribution in [0.3, 0.4) is 0 Å². The van der Waals surface area contributed by atoms with E-state index in [1.54, 1.807) is 0 Å². The molecule has 3 saturated heterocycles. The monoisotopic (exact) mass is 387 g/mol. The van der Waals surface area contributed by atoms with Gasteiger partial charge in [0, 0.05) is 48.2 Å². The van der Waals surface area contributed by atoms with Crippen molar-refractivity contribution in [2.24, 2.45) is 34.0 Å². The van der Waals surface area contributed by atoms with Crippen molar-refractivity contribution in [1.82, 2.24) is 4.90 Å². The minimum absolute atomic E-state index is 0.0237. The second-order valence-corrected chi connectivity index (χ2v) is 11.5. The summed E-state index contributed by atoms with van der Waals surface area (Å²) < 4.78 is 5.75. The van der Waals surface area contributed by atoms with Gasteiger partial charge < -0.3 is 20.1 Å². The van der Waals surface area contributed by atoms with Crippen LogP contribution in [0.4, 0.5) is 0 Å². The zero-order chi connectivity index (χ0) is 19.6. The lowest BCUT2D eigenvalue weighted by molar-refractivity contribution is -0.280. The number of hydrogen-bond acceptors (Lipinski definition) is 6. The van der Waals surface area contributed by atoms with Crippen LogP contribution in [-0.4, -0.2) is 68.7 Å². The van der Waals surface area contributed by atoms with Gasteiger partial charge in [-0.05, 0) is 37.0 Å². The van der Waals surface area contributed by atoms with Gasteiger partial charge in [0.2, 0.25) is 0 Å². The zero-order valence-electron chi connectivity index (χ0n) is 16.5. The van der Waals surface area contributed by atoms with E-state index in [0.717, 1.165) is 25.0 Å². The molecule has 6 saturated carbocycles. The van der Waals surface area contributed by atoms with E-state index < -0.39 is 29.1 Å². The van der Waals surface area contributed by atoms with E-state index in [4.69, 9.17) is 4.74 Å². The molecule has 3 aliphatic heterocycles. The van der Waals surface area contributed by atoms with Gasteiger partial charge in [0.1, 0.15) is 11.7 Å². The quantitative estimate of drug-likeness (QED) is 0.447. The highest BCUT2D eigenvalue weighted by Gasteiger charge is 2.94. The van der Waals surface area contributed by atoms with Gasteiger partial charge in [-0.15, -0.1) is 0 Å². The van der Waals surface area contributed by atoms with Gasteiger partial charge in [-0.25, -0.2) is 0 Å². The molecule has 3 N–H and O–H groups in total. The first kappa shape index (κ1) is 16.8. The summed E-state index contributed by atoms with van der Waals surface area (Å²) in [4.78, 5) is 14.3. The Morgan fingerprint density at radius 3 is 2.71 bits per heavy atom. The summed E-state index contributed by atoms with van der Waals surface area (Å²) in [7, 11) is 0. The second kappa shape index (κ2) is 4.25. The number of ether oxygens (including phenoxy) is 1. The molecule has 152 valence electrons. The molecule has 3 heterocycles. The van der Waals surface area contributed by atoms with Gasteiger partial charge in [0.15, 0.2) is 0 Å². The molecule has 7 unspecified atom stereocenters. The van der Waals surface area contributed by atoms with Crippen molar-refractivity contribution in [1.29, 1.82) is 0 Å². The topological polar surface area (TPSA) is 90.2 Å². The Kier molecular flexibility index (Phi) is 2.55. The van der Waals surface area contributed by atoms with E-state index in [9.17, 15) is 20.1 Å². The summed E-state index contributed by atoms with van der Waals surface area (Å²) in [5, 5.41) is 35.1. The van der Waals surface area contributed by atoms with E-state index in [1.807, 2.05) is 0 Å². The Morgan fingerprint density at radius 1 is 1.25 bits per heavy atom. The van der Waals surface area contributed by atoms with Crippen molar-refractivity contribution in [3.05, 3.63) is 12.2 Å². The Labute approximate surface area is 164 Å². The molecule has 0 amide bonds. The highest BCUT2D eigenvalue weighted by molar-refractivity contribution is 5.66. The number of piperidine rings is 2. The van der Waals surface area contributed by atoms with Crippen LogP contribution in [0.15, 0.2) is 12.2 Å². The SMILES string of the molecule is C=C1C[C@@]23CC4C5C6(C)C[C@H](OC(C)=O)CC57C2[C@H](O)C1[C@@H](O)[C@]3(O)[C@@H]7N4C6. The van der Waals surface area contributed by atoms with Gasteiger partial charge in [0.05, 0.1) is 12.2 Å². The molecule has 13 atom stereocenters. The van der Waals surface area contributed by atoms with E-state index >= 15 is 0 Å². The molecule has 2 spiro atoms. The fourth-order valence-electron chi connectivity index (χ4n) is 11.0. The number of nitrogens with zero attached hydrogens (tertiary/aromatic N) is 1. The van der Waals surface area contributed by atoms with Crippen LogP contribution in [0.5, 0.6) is 0 Å². The first-order valence-electron chi connectivity index (χ1n) is 10.8. The zero-order valence-corrected chi connectivity index (χ0v) is 16.5. The Bertz CT molecular complexity index is 860. The minimum Gasteiger partial charge on any atom is -0.463 e. The third-order valence-electron chi connectivity index (χ3n) is 10.6. The van der Waals surface area contributed by atoms with Crippen molar-refractivity contribution in [3.8, 4) is 0 Å². The maximum Gasteiger partial charge on any atom is 0.302 e. The normalized spacial score (nSPS) is 69.3. The number of aliphatic hydroxyl groups excluding tert-OH is 2. The molecule has 9 rings (SSSR count). The number of carbonyl (C=O) groups excluding carboxylic acids is 1. The molecule has 9 aliphatic rings. The molecular formula is C22H29NO5. The Balaban J connectivity index is 1.49. The van der Waals surface area contributed by atoms with E-state index in [-0.39, 0.29) is 34.9 Å². The average Bonchev–Trinajstić information content (AvgIpc) is 2.97. The number of carbonyl (C=O) groups is 1. The highest BCUT2D eigenvalue weighted by atomic mass is 16.5. The molecule has 6 aliphatic carbocycles. The molecule has 0 aromatic rings. The molecule has 0 aromatic heterocycles. The summed E-state index contributed by atoms with van der Waals surface area (Å²) in [6.45, 7) is 8.85. The van der Waals surface area contributed by atoms with Gasteiger partial charge in [0.25, 0.3) is 0 Å².